The molecule has 2 aliphatic rings. The Hall–Kier alpha value is -2.35. The number of carbonyl (C=O) groups excluding carboxylic acids is 2. The summed E-state index contributed by atoms with van der Waals surface area (Å²) in [6, 6.07) is 3.54. The van der Waals surface area contributed by atoms with Crippen LogP contribution >= 0.6 is 0 Å². The van der Waals surface area contributed by atoms with E-state index in [9.17, 15) is 14.0 Å². The van der Waals surface area contributed by atoms with Crippen LogP contribution in [0.2, 0.25) is 0 Å². The van der Waals surface area contributed by atoms with Gasteiger partial charge < -0.3 is 24.6 Å². The molecule has 2 saturated heterocycles. The number of amides is 3. The number of hydrogen-bond donors (Lipinski definition) is 1. The van der Waals surface area contributed by atoms with Gasteiger partial charge in [0.25, 0.3) is 0 Å². The molecule has 0 spiro atoms. The average molecular weight is 407 g/mol. The van der Waals surface area contributed by atoms with Crippen molar-refractivity contribution in [2.45, 2.75) is 51.7 Å². The first kappa shape index (κ1) is 21.4. The third-order valence-corrected chi connectivity index (χ3v) is 5.07. The highest BCUT2D eigenvalue weighted by Gasteiger charge is 2.28. The smallest absolute Gasteiger partial charge is 0.322 e. The topological polar surface area (TPSA) is 71.1 Å². The molecule has 1 unspecified atom stereocenters. The maximum atomic E-state index is 13.8. The molecule has 2 fully saturated rings. The minimum Gasteiger partial charge on any atom is -0.489 e. The largest absolute Gasteiger partial charge is 0.489 e. The molecule has 1 atom stereocenters. The lowest BCUT2D eigenvalue weighted by atomic mass is 10.2. The molecule has 0 bridgehead atoms. The van der Waals surface area contributed by atoms with Crippen LogP contribution in [0.5, 0.6) is 5.75 Å². The van der Waals surface area contributed by atoms with Crippen LogP contribution < -0.4 is 10.1 Å². The van der Waals surface area contributed by atoms with Gasteiger partial charge in [0.1, 0.15) is 18.1 Å². The fourth-order valence-corrected chi connectivity index (χ4v) is 3.63. The first-order valence-electron chi connectivity index (χ1n) is 10.3. The number of halogens is 1. The number of nitrogens with zero attached hydrogens (tertiary/aromatic N) is 2. The van der Waals surface area contributed by atoms with Crippen molar-refractivity contribution in [3.8, 4) is 5.75 Å². The maximum absolute atomic E-state index is 13.8. The Morgan fingerprint density at radius 3 is 2.72 bits per heavy atom. The van der Waals surface area contributed by atoms with Gasteiger partial charge >= 0.3 is 6.03 Å². The Kier molecular flexibility index (Phi) is 7.30. The zero-order valence-electron chi connectivity index (χ0n) is 17.2. The summed E-state index contributed by atoms with van der Waals surface area (Å²) in [7, 11) is 0. The molecule has 2 heterocycles. The second-order valence-corrected chi connectivity index (χ2v) is 7.84. The summed E-state index contributed by atoms with van der Waals surface area (Å²) in [6.07, 6.45) is 3.55. The van der Waals surface area contributed by atoms with Gasteiger partial charge in [0.05, 0.1) is 17.9 Å². The molecule has 3 rings (SSSR count). The quantitative estimate of drug-likeness (QED) is 0.753. The molecule has 29 heavy (non-hydrogen) atoms. The van der Waals surface area contributed by atoms with Gasteiger partial charge in [-0.25, -0.2) is 9.18 Å². The van der Waals surface area contributed by atoms with Gasteiger partial charge in [0.15, 0.2) is 0 Å². The number of likely N-dealkylation sites (tertiary alicyclic amines) is 1. The van der Waals surface area contributed by atoms with Gasteiger partial charge in [-0.2, -0.15) is 0 Å². The first-order chi connectivity index (χ1) is 13.9. The van der Waals surface area contributed by atoms with E-state index >= 15 is 0 Å². The fraction of sp³-hybridized carbons (Fsp3) is 0.619. The van der Waals surface area contributed by atoms with Crippen LogP contribution in [-0.2, 0) is 9.53 Å². The second-order valence-electron chi connectivity index (χ2n) is 7.84. The van der Waals surface area contributed by atoms with Gasteiger partial charge in [0.2, 0.25) is 5.91 Å². The molecular weight excluding hydrogens is 377 g/mol. The van der Waals surface area contributed by atoms with Crippen molar-refractivity contribution in [2.24, 2.45) is 0 Å². The molecule has 0 radical (unpaired) electrons. The van der Waals surface area contributed by atoms with Crippen molar-refractivity contribution in [1.82, 2.24) is 9.80 Å². The number of carbonyl (C=O) groups is 2. The SMILES string of the molecule is CC(C)Oc1ccc(F)cc1NC(=O)N(CC(=O)N1CCCC1)CC1CCCO1. The van der Waals surface area contributed by atoms with Crippen molar-refractivity contribution in [3.63, 3.8) is 0 Å². The highest BCUT2D eigenvalue weighted by atomic mass is 19.1. The Morgan fingerprint density at radius 2 is 2.07 bits per heavy atom. The van der Waals surface area contributed by atoms with E-state index in [1.807, 2.05) is 13.8 Å². The maximum Gasteiger partial charge on any atom is 0.322 e. The van der Waals surface area contributed by atoms with E-state index in [1.54, 1.807) is 4.90 Å². The van der Waals surface area contributed by atoms with Gasteiger partial charge in [-0.05, 0) is 51.7 Å². The van der Waals surface area contributed by atoms with Gasteiger partial charge in [-0.15, -0.1) is 0 Å². The fourth-order valence-electron chi connectivity index (χ4n) is 3.63. The van der Waals surface area contributed by atoms with Crippen LogP contribution in [0, 0.1) is 5.82 Å². The first-order valence-corrected chi connectivity index (χ1v) is 10.3. The Labute approximate surface area is 171 Å². The highest BCUT2D eigenvalue weighted by Crippen LogP contribution is 2.27. The number of hydrogen-bond acceptors (Lipinski definition) is 4. The second kappa shape index (κ2) is 9.91. The van der Waals surface area contributed by atoms with E-state index in [0.29, 0.717) is 18.9 Å². The van der Waals surface area contributed by atoms with Gasteiger partial charge in [0, 0.05) is 32.3 Å². The van der Waals surface area contributed by atoms with Crippen molar-refractivity contribution in [3.05, 3.63) is 24.0 Å². The molecule has 1 aromatic carbocycles. The molecule has 0 aromatic heterocycles. The molecule has 1 aromatic rings. The van der Waals surface area contributed by atoms with E-state index in [2.05, 4.69) is 5.32 Å². The monoisotopic (exact) mass is 407 g/mol. The van der Waals surface area contributed by atoms with E-state index in [0.717, 1.165) is 38.8 Å². The molecule has 8 heteroatoms. The Morgan fingerprint density at radius 1 is 1.31 bits per heavy atom. The number of nitrogens with one attached hydrogen (secondary N) is 1. The molecule has 7 nitrogen and oxygen atoms in total. The summed E-state index contributed by atoms with van der Waals surface area (Å²) in [4.78, 5) is 28.9. The predicted octanol–water partition coefficient (Wildman–Crippen LogP) is 3.25. The normalized spacial score (nSPS) is 18.9. The minimum atomic E-state index is -0.477. The predicted molar refractivity (Wildman–Crippen MR) is 108 cm³/mol. The van der Waals surface area contributed by atoms with Crippen LogP contribution in [0.25, 0.3) is 0 Å². The third kappa shape index (κ3) is 6.06. The molecule has 160 valence electrons. The van der Waals surface area contributed by atoms with Crippen molar-refractivity contribution in [2.75, 3.05) is 38.1 Å². The number of benzene rings is 1. The molecular formula is C21H30FN3O4. The van der Waals surface area contributed by atoms with Crippen molar-refractivity contribution >= 4 is 17.6 Å². The van der Waals surface area contributed by atoms with E-state index < -0.39 is 11.8 Å². The molecule has 0 saturated carbocycles. The lowest BCUT2D eigenvalue weighted by Crippen LogP contribution is -2.46. The molecule has 2 aliphatic heterocycles. The summed E-state index contributed by atoms with van der Waals surface area (Å²) in [5.74, 6) is -0.165. The zero-order valence-corrected chi connectivity index (χ0v) is 17.2. The summed E-state index contributed by atoms with van der Waals surface area (Å²) >= 11 is 0. The number of ether oxygens (including phenoxy) is 2. The number of anilines is 1. The van der Waals surface area contributed by atoms with Crippen LogP contribution in [0.4, 0.5) is 14.9 Å². The van der Waals surface area contributed by atoms with Crippen LogP contribution in [0.1, 0.15) is 39.5 Å². The van der Waals surface area contributed by atoms with E-state index in [-0.39, 0.29) is 30.3 Å². The Bertz CT molecular complexity index is 716. The standard InChI is InChI=1S/C21H30FN3O4/c1-15(2)29-19-8-7-16(22)12-18(19)23-21(27)25(13-17-6-5-11-28-17)14-20(26)24-9-3-4-10-24/h7-8,12,15,17H,3-6,9-11,13-14H2,1-2H3,(H,23,27). The van der Waals surface area contributed by atoms with Crippen LogP contribution in [-0.4, -0.2) is 66.7 Å². The lowest BCUT2D eigenvalue weighted by Gasteiger charge is -2.27. The molecule has 3 amide bonds. The Balaban J connectivity index is 1.73. The molecule has 1 N–H and O–H groups in total. The summed E-state index contributed by atoms with van der Waals surface area (Å²) in [6.45, 7) is 6.12. The summed E-state index contributed by atoms with van der Waals surface area (Å²) in [5.41, 5.74) is 0.245. The molecule has 0 aliphatic carbocycles. The summed E-state index contributed by atoms with van der Waals surface area (Å²) in [5, 5.41) is 2.72. The van der Waals surface area contributed by atoms with Gasteiger partial charge in [-0.1, -0.05) is 0 Å². The lowest BCUT2D eigenvalue weighted by molar-refractivity contribution is -0.130. The van der Waals surface area contributed by atoms with Gasteiger partial charge in [-0.3, -0.25) is 4.79 Å². The van der Waals surface area contributed by atoms with Crippen molar-refractivity contribution < 1.29 is 23.5 Å². The number of urea groups is 1. The van der Waals surface area contributed by atoms with Crippen molar-refractivity contribution in [1.29, 1.82) is 0 Å². The van der Waals surface area contributed by atoms with Crippen LogP contribution in [0.15, 0.2) is 18.2 Å². The zero-order chi connectivity index (χ0) is 20.8. The van der Waals surface area contributed by atoms with Crippen LogP contribution in [0.3, 0.4) is 0 Å². The average Bonchev–Trinajstić information content (AvgIpc) is 3.36. The number of rotatable bonds is 7. The third-order valence-electron chi connectivity index (χ3n) is 5.07. The highest BCUT2D eigenvalue weighted by molar-refractivity contribution is 5.93. The van der Waals surface area contributed by atoms with E-state index in [4.69, 9.17) is 9.47 Å². The summed E-state index contributed by atoms with van der Waals surface area (Å²) < 4.78 is 25.1. The van der Waals surface area contributed by atoms with E-state index in [1.165, 1.54) is 23.1 Å². The minimum absolute atomic E-state index is 0.0264.